The molecule has 14 heavy (non-hydrogen) atoms. The molecule has 0 aromatic carbocycles. The standard InChI is InChI=1S/C10H15NO3/c1-6(2)10(13)14-5-8-4-7(3)9(12)11-8/h7-8H,1,4-5H2,2-3H3,(H,11,12). The number of hydrogen-bond acceptors (Lipinski definition) is 3. The van der Waals surface area contributed by atoms with Gasteiger partial charge in [0.2, 0.25) is 5.91 Å². The number of carbonyl (C=O) groups excluding carboxylic acids is 2. The summed E-state index contributed by atoms with van der Waals surface area (Å²) in [6.45, 7) is 7.16. The Balaban J connectivity index is 2.30. The van der Waals surface area contributed by atoms with E-state index in [1.807, 2.05) is 6.92 Å². The molecular formula is C10H15NO3. The van der Waals surface area contributed by atoms with E-state index in [1.54, 1.807) is 6.92 Å². The second-order valence-corrected chi connectivity index (χ2v) is 3.72. The number of rotatable bonds is 3. The van der Waals surface area contributed by atoms with Gasteiger partial charge in [-0.1, -0.05) is 13.5 Å². The zero-order chi connectivity index (χ0) is 10.7. The molecule has 1 amide bonds. The molecule has 4 heteroatoms. The second-order valence-electron chi connectivity index (χ2n) is 3.72. The molecule has 0 aliphatic carbocycles. The van der Waals surface area contributed by atoms with Crippen molar-refractivity contribution < 1.29 is 14.3 Å². The maximum absolute atomic E-state index is 11.1. The zero-order valence-corrected chi connectivity index (χ0v) is 8.50. The van der Waals surface area contributed by atoms with Gasteiger partial charge in [0.05, 0.1) is 6.04 Å². The minimum atomic E-state index is -0.404. The van der Waals surface area contributed by atoms with Gasteiger partial charge in [-0.2, -0.15) is 0 Å². The first-order valence-corrected chi connectivity index (χ1v) is 4.63. The molecule has 1 N–H and O–H groups in total. The number of amides is 1. The first kappa shape index (κ1) is 10.8. The monoisotopic (exact) mass is 197 g/mol. The fourth-order valence-electron chi connectivity index (χ4n) is 1.35. The van der Waals surface area contributed by atoms with Gasteiger partial charge in [0.25, 0.3) is 0 Å². The van der Waals surface area contributed by atoms with Gasteiger partial charge in [-0.3, -0.25) is 4.79 Å². The molecule has 1 rings (SSSR count). The lowest BCUT2D eigenvalue weighted by atomic mass is 10.1. The van der Waals surface area contributed by atoms with Crippen LogP contribution in [0.2, 0.25) is 0 Å². The van der Waals surface area contributed by atoms with Gasteiger partial charge in [-0.15, -0.1) is 0 Å². The third kappa shape index (κ3) is 2.58. The van der Waals surface area contributed by atoms with Crippen LogP contribution in [0.15, 0.2) is 12.2 Å². The quantitative estimate of drug-likeness (QED) is 0.533. The topological polar surface area (TPSA) is 55.4 Å². The number of esters is 1. The molecule has 0 aromatic rings. The van der Waals surface area contributed by atoms with Crippen LogP contribution in [-0.4, -0.2) is 24.5 Å². The highest BCUT2D eigenvalue weighted by Crippen LogP contribution is 2.14. The third-order valence-electron chi connectivity index (χ3n) is 2.20. The van der Waals surface area contributed by atoms with Gasteiger partial charge in [0.1, 0.15) is 6.61 Å². The highest BCUT2D eigenvalue weighted by atomic mass is 16.5. The van der Waals surface area contributed by atoms with Gasteiger partial charge in [0, 0.05) is 11.5 Å². The Morgan fingerprint density at radius 2 is 2.36 bits per heavy atom. The van der Waals surface area contributed by atoms with E-state index >= 15 is 0 Å². The Morgan fingerprint density at radius 1 is 1.71 bits per heavy atom. The van der Waals surface area contributed by atoms with E-state index in [0.717, 1.165) is 6.42 Å². The Labute approximate surface area is 83.3 Å². The molecule has 1 fully saturated rings. The summed E-state index contributed by atoms with van der Waals surface area (Å²) in [4.78, 5) is 22.1. The average Bonchev–Trinajstić information content (AvgIpc) is 2.42. The van der Waals surface area contributed by atoms with Crippen molar-refractivity contribution in [2.45, 2.75) is 26.3 Å². The van der Waals surface area contributed by atoms with Crippen LogP contribution in [0.4, 0.5) is 0 Å². The predicted octanol–water partition coefficient (Wildman–Crippen LogP) is 0.630. The average molecular weight is 197 g/mol. The lowest BCUT2D eigenvalue weighted by Gasteiger charge is -2.10. The SMILES string of the molecule is C=C(C)C(=O)OCC1CC(C)C(=O)N1. The lowest BCUT2D eigenvalue weighted by Crippen LogP contribution is -2.31. The van der Waals surface area contributed by atoms with Crippen LogP contribution >= 0.6 is 0 Å². The summed E-state index contributed by atoms with van der Waals surface area (Å²) in [7, 11) is 0. The molecular weight excluding hydrogens is 182 g/mol. The van der Waals surface area contributed by atoms with E-state index < -0.39 is 5.97 Å². The molecule has 0 saturated carbocycles. The van der Waals surface area contributed by atoms with Crippen LogP contribution in [0.1, 0.15) is 20.3 Å². The van der Waals surface area contributed by atoms with Gasteiger partial charge in [0.15, 0.2) is 0 Å². The first-order chi connectivity index (χ1) is 6.50. The Morgan fingerprint density at radius 3 is 2.79 bits per heavy atom. The molecule has 4 nitrogen and oxygen atoms in total. The van der Waals surface area contributed by atoms with Crippen molar-refractivity contribution in [1.82, 2.24) is 5.32 Å². The fraction of sp³-hybridized carbons (Fsp3) is 0.600. The summed E-state index contributed by atoms with van der Waals surface area (Å²) in [6.07, 6.45) is 0.725. The van der Waals surface area contributed by atoms with Gasteiger partial charge in [-0.05, 0) is 13.3 Å². The number of carbonyl (C=O) groups is 2. The first-order valence-electron chi connectivity index (χ1n) is 4.63. The zero-order valence-electron chi connectivity index (χ0n) is 8.50. The minimum absolute atomic E-state index is 0.0172. The number of nitrogens with one attached hydrogen (secondary N) is 1. The number of ether oxygens (including phenoxy) is 1. The maximum Gasteiger partial charge on any atom is 0.333 e. The highest BCUT2D eigenvalue weighted by Gasteiger charge is 2.28. The summed E-state index contributed by atoms with van der Waals surface area (Å²) in [6, 6.07) is -0.0409. The van der Waals surface area contributed by atoms with E-state index in [-0.39, 0.29) is 24.5 Å². The molecule has 0 aromatic heterocycles. The van der Waals surface area contributed by atoms with Crippen molar-refractivity contribution in [3.05, 3.63) is 12.2 Å². The molecule has 0 spiro atoms. The third-order valence-corrected chi connectivity index (χ3v) is 2.20. The summed E-state index contributed by atoms with van der Waals surface area (Å²) in [5.74, 6) is -0.358. The van der Waals surface area contributed by atoms with Gasteiger partial charge >= 0.3 is 5.97 Å². The fourth-order valence-corrected chi connectivity index (χ4v) is 1.35. The Kier molecular flexibility index (Phi) is 3.28. The Bertz CT molecular complexity index is 273. The summed E-state index contributed by atoms with van der Waals surface area (Å²) in [5, 5.41) is 2.75. The van der Waals surface area contributed by atoms with Crippen LogP contribution in [-0.2, 0) is 14.3 Å². The maximum atomic E-state index is 11.1. The van der Waals surface area contributed by atoms with Crippen LogP contribution in [0.25, 0.3) is 0 Å². The lowest BCUT2D eigenvalue weighted by molar-refractivity contribution is -0.139. The molecule has 1 aliphatic rings. The molecule has 1 saturated heterocycles. The summed E-state index contributed by atoms with van der Waals surface area (Å²) < 4.78 is 4.93. The van der Waals surface area contributed by atoms with Crippen molar-refractivity contribution in [3.8, 4) is 0 Å². The normalized spacial score (nSPS) is 25.7. The summed E-state index contributed by atoms with van der Waals surface area (Å²) >= 11 is 0. The van der Waals surface area contributed by atoms with Crippen molar-refractivity contribution in [2.75, 3.05) is 6.61 Å². The van der Waals surface area contributed by atoms with Gasteiger partial charge < -0.3 is 10.1 Å². The van der Waals surface area contributed by atoms with Crippen LogP contribution in [0.3, 0.4) is 0 Å². The molecule has 1 heterocycles. The minimum Gasteiger partial charge on any atom is -0.460 e. The second kappa shape index (κ2) is 4.26. The van der Waals surface area contributed by atoms with E-state index in [4.69, 9.17) is 4.74 Å². The van der Waals surface area contributed by atoms with Crippen molar-refractivity contribution >= 4 is 11.9 Å². The van der Waals surface area contributed by atoms with Crippen LogP contribution in [0.5, 0.6) is 0 Å². The Hall–Kier alpha value is -1.32. The molecule has 2 atom stereocenters. The molecule has 2 unspecified atom stereocenters. The molecule has 78 valence electrons. The van der Waals surface area contributed by atoms with Crippen LogP contribution in [0, 0.1) is 5.92 Å². The van der Waals surface area contributed by atoms with Crippen molar-refractivity contribution in [3.63, 3.8) is 0 Å². The van der Waals surface area contributed by atoms with E-state index in [0.29, 0.717) is 5.57 Å². The summed E-state index contributed by atoms with van der Waals surface area (Å²) in [5.41, 5.74) is 0.377. The van der Waals surface area contributed by atoms with Crippen molar-refractivity contribution in [1.29, 1.82) is 0 Å². The number of hydrogen-bond donors (Lipinski definition) is 1. The largest absolute Gasteiger partial charge is 0.460 e. The van der Waals surface area contributed by atoms with Crippen molar-refractivity contribution in [2.24, 2.45) is 5.92 Å². The predicted molar refractivity (Wildman–Crippen MR) is 51.5 cm³/mol. The molecule has 0 radical (unpaired) electrons. The van der Waals surface area contributed by atoms with E-state index in [1.165, 1.54) is 0 Å². The van der Waals surface area contributed by atoms with E-state index in [2.05, 4.69) is 11.9 Å². The van der Waals surface area contributed by atoms with E-state index in [9.17, 15) is 9.59 Å². The smallest absolute Gasteiger partial charge is 0.333 e. The highest BCUT2D eigenvalue weighted by molar-refractivity contribution is 5.87. The van der Waals surface area contributed by atoms with Crippen LogP contribution < -0.4 is 5.32 Å². The molecule has 1 aliphatic heterocycles. The molecule has 0 bridgehead atoms. The van der Waals surface area contributed by atoms with Gasteiger partial charge in [-0.25, -0.2) is 4.79 Å².